The number of allylic oxidation sites excluding steroid dienone is 2. The average molecular weight is 933 g/mol. The van der Waals surface area contributed by atoms with Crippen LogP contribution in [-0.4, -0.2) is 47.4 Å². The van der Waals surface area contributed by atoms with Gasteiger partial charge in [-0.15, -0.1) is 0 Å². The minimum Gasteiger partial charge on any atom is -0.466 e. The molecule has 2 unspecified atom stereocenters. The molecular weight excluding hydrogens is 815 g/mol. The number of nitrogens with one attached hydrogen (secondary N) is 1. The molecule has 0 aromatic rings. The van der Waals surface area contributed by atoms with Gasteiger partial charge >= 0.3 is 5.97 Å². The van der Waals surface area contributed by atoms with E-state index in [4.69, 9.17) is 4.74 Å². The first-order chi connectivity index (χ1) is 32.5. The predicted octanol–water partition coefficient (Wildman–Crippen LogP) is 18.5. The Balaban J connectivity index is 3.44. The van der Waals surface area contributed by atoms with Crippen LogP contribution in [0, 0.1) is 0 Å². The van der Waals surface area contributed by atoms with Crippen LogP contribution in [0.2, 0.25) is 0 Å². The van der Waals surface area contributed by atoms with Gasteiger partial charge in [-0.3, -0.25) is 9.59 Å². The maximum absolute atomic E-state index is 12.5. The van der Waals surface area contributed by atoms with Gasteiger partial charge in [0.1, 0.15) is 0 Å². The number of hydrogen-bond donors (Lipinski definition) is 3. The summed E-state index contributed by atoms with van der Waals surface area (Å²) in [5, 5.41) is 23.3. The summed E-state index contributed by atoms with van der Waals surface area (Å²) in [5.74, 6) is -0.0525. The highest BCUT2D eigenvalue weighted by Crippen LogP contribution is 2.18. The van der Waals surface area contributed by atoms with E-state index in [1.807, 2.05) is 0 Å². The first-order valence-corrected chi connectivity index (χ1v) is 29.9. The molecule has 0 rings (SSSR count). The molecule has 2 atom stereocenters. The van der Waals surface area contributed by atoms with Gasteiger partial charge in [-0.2, -0.15) is 0 Å². The second kappa shape index (κ2) is 56.2. The molecule has 0 saturated heterocycles. The molecule has 0 spiro atoms. The lowest BCUT2D eigenvalue weighted by atomic mass is 10.0. The fourth-order valence-corrected chi connectivity index (χ4v) is 9.46. The van der Waals surface area contributed by atoms with Crippen molar-refractivity contribution in [3.8, 4) is 0 Å². The first-order valence-electron chi connectivity index (χ1n) is 29.9. The minimum absolute atomic E-state index is 0.00529. The molecule has 3 N–H and O–H groups in total. The van der Waals surface area contributed by atoms with E-state index < -0.39 is 12.1 Å². The van der Waals surface area contributed by atoms with Crippen LogP contribution in [0.3, 0.4) is 0 Å². The lowest BCUT2D eigenvalue weighted by Crippen LogP contribution is -2.45. The van der Waals surface area contributed by atoms with Crippen LogP contribution in [-0.2, 0) is 14.3 Å². The highest BCUT2D eigenvalue weighted by molar-refractivity contribution is 5.76. The Hall–Kier alpha value is -1.40. The summed E-state index contributed by atoms with van der Waals surface area (Å²) in [7, 11) is 0. The highest BCUT2D eigenvalue weighted by atomic mass is 16.5. The smallest absolute Gasteiger partial charge is 0.305 e. The number of aliphatic hydroxyl groups is 2. The quantitative estimate of drug-likeness (QED) is 0.0321. The van der Waals surface area contributed by atoms with Crippen LogP contribution in [0.5, 0.6) is 0 Å². The maximum atomic E-state index is 12.5. The largest absolute Gasteiger partial charge is 0.466 e. The lowest BCUT2D eigenvalue weighted by Gasteiger charge is -2.22. The van der Waals surface area contributed by atoms with Gasteiger partial charge in [0, 0.05) is 12.8 Å². The fraction of sp³-hybridized carbons (Fsp3) is 0.933. The van der Waals surface area contributed by atoms with Crippen LogP contribution in [0.25, 0.3) is 0 Å². The molecule has 66 heavy (non-hydrogen) atoms. The highest BCUT2D eigenvalue weighted by Gasteiger charge is 2.20. The van der Waals surface area contributed by atoms with Crippen LogP contribution in [0.4, 0.5) is 0 Å². The summed E-state index contributed by atoms with van der Waals surface area (Å²) in [6, 6.07) is -0.552. The Kier molecular flexibility index (Phi) is 55.0. The summed E-state index contributed by atoms with van der Waals surface area (Å²) in [4.78, 5) is 24.6. The normalized spacial score (nSPS) is 12.6. The molecule has 0 fully saturated rings. The third-order valence-electron chi connectivity index (χ3n) is 14.1. The summed E-state index contributed by atoms with van der Waals surface area (Å²) >= 11 is 0. The summed E-state index contributed by atoms with van der Waals surface area (Å²) < 4.78 is 5.48. The molecule has 0 saturated carbocycles. The lowest BCUT2D eigenvalue weighted by molar-refractivity contribution is -0.143. The third kappa shape index (κ3) is 52.0. The van der Waals surface area contributed by atoms with Crippen LogP contribution in [0.1, 0.15) is 335 Å². The van der Waals surface area contributed by atoms with Crippen molar-refractivity contribution >= 4 is 11.9 Å². The molecule has 6 nitrogen and oxygen atoms in total. The number of carbonyl (C=O) groups is 2. The first kappa shape index (κ1) is 64.6. The number of hydrogen-bond acceptors (Lipinski definition) is 5. The Morgan fingerprint density at radius 1 is 0.409 bits per heavy atom. The van der Waals surface area contributed by atoms with Gasteiger partial charge in [0.05, 0.1) is 25.4 Å². The zero-order chi connectivity index (χ0) is 47.9. The van der Waals surface area contributed by atoms with E-state index in [2.05, 4.69) is 31.3 Å². The number of esters is 1. The number of rotatable bonds is 56. The van der Waals surface area contributed by atoms with Gasteiger partial charge in [0.25, 0.3) is 0 Å². The molecule has 0 aromatic carbocycles. The summed E-state index contributed by atoms with van der Waals surface area (Å²) in [6.07, 6.45) is 66.3. The van der Waals surface area contributed by atoms with Crippen LogP contribution < -0.4 is 5.32 Å². The van der Waals surface area contributed by atoms with E-state index in [0.29, 0.717) is 25.9 Å². The Labute approximate surface area is 412 Å². The van der Waals surface area contributed by atoms with E-state index >= 15 is 0 Å². The van der Waals surface area contributed by atoms with Crippen LogP contribution >= 0.6 is 0 Å². The Morgan fingerprint density at radius 3 is 1.08 bits per heavy atom. The number of aliphatic hydroxyl groups excluding tert-OH is 2. The zero-order valence-electron chi connectivity index (χ0n) is 44.7. The SMILES string of the molecule is CCCCCCCCCCCCCCCCCCCC(=O)OCCCCCC/C=C\CCCCCCCCCC(=O)NC(CO)C(O)CCCCCCCCCCCCCCCCCCC. The number of unbranched alkanes of at least 4 members (excludes halogenated alkanes) is 43. The van der Waals surface area contributed by atoms with Crippen molar-refractivity contribution in [2.45, 2.75) is 347 Å². The van der Waals surface area contributed by atoms with Crippen molar-refractivity contribution in [3.05, 3.63) is 12.2 Å². The number of amides is 1. The monoisotopic (exact) mass is 932 g/mol. The van der Waals surface area contributed by atoms with Crippen molar-refractivity contribution < 1.29 is 24.5 Å². The van der Waals surface area contributed by atoms with E-state index in [1.54, 1.807) is 0 Å². The summed E-state index contributed by atoms with van der Waals surface area (Å²) in [5.41, 5.74) is 0. The zero-order valence-corrected chi connectivity index (χ0v) is 44.7. The standard InChI is InChI=1S/C60H117NO5/c1-3-5-7-9-11-13-15-17-19-21-24-28-32-36-40-44-48-52-58(63)57(56-62)61-59(64)53-49-45-41-37-33-29-25-23-27-31-35-39-43-47-51-55-66-60(65)54-50-46-42-38-34-30-26-22-20-18-16-14-12-10-8-6-4-2/h27,31,57-58,62-63H,3-26,28-30,32-56H2,1-2H3,(H,61,64)/b31-27-. The third-order valence-corrected chi connectivity index (χ3v) is 14.1. The number of ether oxygens (including phenoxy) is 1. The summed E-state index contributed by atoms with van der Waals surface area (Å²) in [6.45, 7) is 4.95. The van der Waals surface area contributed by atoms with Gasteiger partial charge in [0.2, 0.25) is 5.91 Å². The number of carbonyl (C=O) groups excluding carboxylic acids is 2. The molecule has 0 aliphatic carbocycles. The molecule has 1 amide bonds. The van der Waals surface area contributed by atoms with E-state index in [0.717, 1.165) is 70.6 Å². The Bertz CT molecular complexity index is 986. The van der Waals surface area contributed by atoms with Crippen LogP contribution in [0.15, 0.2) is 12.2 Å². The van der Waals surface area contributed by atoms with Crippen molar-refractivity contribution in [2.24, 2.45) is 0 Å². The molecule has 0 aliphatic heterocycles. The van der Waals surface area contributed by atoms with E-state index in [1.165, 1.54) is 231 Å². The van der Waals surface area contributed by atoms with Crippen molar-refractivity contribution in [3.63, 3.8) is 0 Å². The average Bonchev–Trinajstić information content (AvgIpc) is 3.32. The predicted molar refractivity (Wildman–Crippen MR) is 287 cm³/mol. The fourth-order valence-electron chi connectivity index (χ4n) is 9.46. The minimum atomic E-state index is -0.674. The van der Waals surface area contributed by atoms with Crippen molar-refractivity contribution in [1.29, 1.82) is 0 Å². The van der Waals surface area contributed by atoms with Gasteiger partial charge in [0.15, 0.2) is 0 Å². The molecule has 392 valence electrons. The van der Waals surface area contributed by atoms with E-state index in [-0.39, 0.29) is 18.5 Å². The topological polar surface area (TPSA) is 95.9 Å². The molecule has 0 radical (unpaired) electrons. The second-order valence-electron chi connectivity index (χ2n) is 20.7. The molecule has 6 heteroatoms. The second-order valence-corrected chi connectivity index (χ2v) is 20.7. The van der Waals surface area contributed by atoms with Gasteiger partial charge in [-0.25, -0.2) is 0 Å². The van der Waals surface area contributed by atoms with Gasteiger partial charge < -0.3 is 20.3 Å². The molecule has 0 heterocycles. The van der Waals surface area contributed by atoms with Gasteiger partial charge in [-0.05, 0) is 51.4 Å². The van der Waals surface area contributed by atoms with Gasteiger partial charge in [-0.1, -0.05) is 283 Å². The van der Waals surface area contributed by atoms with Crippen molar-refractivity contribution in [2.75, 3.05) is 13.2 Å². The molecule has 0 aliphatic rings. The maximum Gasteiger partial charge on any atom is 0.305 e. The van der Waals surface area contributed by atoms with Crippen molar-refractivity contribution in [1.82, 2.24) is 5.32 Å². The van der Waals surface area contributed by atoms with E-state index in [9.17, 15) is 19.8 Å². The molecule has 0 bridgehead atoms. The molecule has 0 aromatic heterocycles. The Morgan fingerprint density at radius 2 is 0.712 bits per heavy atom. The molecular formula is C60H117NO5.